The van der Waals surface area contributed by atoms with Crippen LogP contribution in [0, 0.1) is 5.82 Å². The molecule has 0 heterocycles. The molecule has 1 amide bonds. The first-order valence-electron chi connectivity index (χ1n) is 9.73. The average Bonchev–Trinajstić information content (AvgIpc) is 2.76. The molecular formula is C23H22ClFN2O3S. The highest BCUT2D eigenvalue weighted by Gasteiger charge is 2.25. The Morgan fingerprint density at radius 3 is 2.39 bits per heavy atom. The van der Waals surface area contributed by atoms with Crippen LogP contribution >= 0.6 is 11.6 Å². The largest absolute Gasteiger partial charge is 0.352 e. The molecule has 3 aromatic rings. The van der Waals surface area contributed by atoms with Crippen molar-refractivity contribution >= 4 is 33.2 Å². The molecule has 0 aliphatic carbocycles. The summed E-state index contributed by atoms with van der Waals surface area (Å²) in [5, 5.41) is 2.80. The van der Waals surface area contributed by atoms with Gasteiger partial charge in [0.1, 0.15) is 5.82 Å². The summed E-state index contributed by atoms with van der Waals surface area (Å²) in [6, 6.07) is 19.1. The summed E-state index contributed by atoms with van der Waals surface area (Å²) in [6.45, 7) is 2.13. The molecular weight excluding hydrogens is 439 g/mol. The van der Waals surface area contributed by atoms with Gasteiger partial charge in [-0.25, -0.2) is 12.8 Å². The van der Waals surface area contributed by atoms with Crippen molar-refractivity contribution in [3.63, 3.8) is 0 Å². The molecule has 3 rings (SSSR count). The van der Waals surface area contributed by atoms with Crippen molar-refractivity contribution in [3.05, 3.63) is 94.8 Å². The minimum Gasteiger partial charge on any atom is -0.352 e. The zero-order valence-electron chi connectivity index (χ0n) is 16.9. The van der Waals surface area contributed by atoms with Crippen LogP contribution in [0.2, 0.25) is 5.02 Å². The van der Waals surface area contributed by atoms with Crippen LogP contribution < -0.4 is 9.62 Å². The van der Waals surface area contributed by atoms with E-state index in [4.69, 9.17) is 11.6 Å². The fourth-order valence-corrected chi connectivity index (χ4v) is 4.86. The summed E-state index contributed by atoms with van der Waals surface area (Å²) in [5.74, 6) is -0.871. The fraction of sp³-hybridized carbons (Fsp3) is 0.174. The van der Waals surface area contributed by atoms with Crippen molar-refractivity contribution in [1.29, 1.82) is 0 Å². The van der Waals surface area contributed by atoms with Crippen molar-refractivity contribution in [2.45, 2.75) is 18.2 Å². The van der Waals surface area contributed by atoms with Crippen LogP contribution in [0.3, 0.4) is 0 Å². The smallest absolute Gasteiger partial charge is 0.264 e. The molecule has 0 saturated carbocycles. The van der Waals surface area contributed by atoms with Crippen LogP contribution in [-0.4, -0.2) is 27.4 Å². The lowest BCUT2D eigenvalue weighted by molar-refractivity contribution is 0.0954. The number of hydrogen-bond acceptors (Lipinski definition) is 3. The van der Waals surface area contributed by atoms with Crippen LogP contribution in [0.15, 0.2) is 77.7 Å². The molecule has 0 bridgehead atoms. The molecule has 1 N–H and O–H groups in total. The van der Waals surface area contributed by atoms with Gasteiger partial charge in [0.05, 0.1) is 21.2 Å². The first kappa shape index (κ1) is 22.8. The van der Waals surface area contributed by atoms with Gasteiger partial charge in [0.25, 0.3) is 15.9 Å². The maximum Gasteiger partial charge on any atom is 0.264 e. The van der Waals surface area contributed by atoms with Crippen molar-refractivity contribution in [2.24, 2.45) is 0 Å². The van der Waals surface area contributed by atoms with E-state index < -0.39 is 15.9 Å². The van der Waals surface area contributed by atoms with E-state index in [1.165, 1.54) is 28.6 Å². The Labute approximate surface area is 186 Å². The Balaban J connectivity index is 1.80. The van der Waals surface area contributed by atoms with Gasteiger partial charge in [-0.15, -0.1) is 0 Å². The molecule has 0 aromatic heterocycles. The number of nitrogens with zero attached hydrogens (tertiary/aromatic N) is 1. The van der Waals surface area contributed by atoms with Gasteiger partial charge in [-0.1, -0.05) is 48.0 Å². The number of sulfonamides is 1. The lowest BCUT2D eigenvalue weighted by Crippen LogP contribution is -2.31. The van der Waals surface area contributed by atoms with Gasteiger partial charge in [0.2, 0.25) is 0 Å². The molecule has 0 radical (unpaired) electrons. The highest BCUT2D eigenvalue weighted by atomic mass is 35.5. The predicted octanol–water partition coefficient (Wildman–Crippen LogP) is 4.67. The van der Waals surface area contributed by atoms with Crippen molar-refractivity contribution in [1.82, 2.24) is 5.32 Å². The third-order valence-corrected chi connectivity index (χ3v) is 6.97. The number of para-hydroxylation sites is 1. The SMILES string of the molecule is CCN(c1ccccc1)S(=O)(=O)c1ccc(Cl)c(C(=O)NCCc2ccccc2F)c1. The summed E-state index contributed by atoms with van der Waals surface area (Å²) in [4.78, 5) is 12.6. The summed E-state index contributed by atoms with van der Waals surface area (Å²) < 4.78 is 41.4. The number of anilines is 1. The van der Waals surface area contributed by atoms with Crippen LogP contribution in [0.5, 0.6) is 0 Å². The van der Waals surface area contributed by atoms with Crippen molar-refractivity contribution in [3.8, 4) is 0 Å². The molecule has 0 unspecified atom stereocenters. The molecule has 162 valence electrons. The van der Waals surface area contributed by atoms with Crippen LogP contribution in [0.1, 0.15) is 22.8 Å². The molecule has 0 fully saturated rings. The number of halogens is 2. The second-order valence-electron chi connectivity index (χ2n) is 6.74. The summed E-state index contributed by atoms with van der Waals surface area (Å²) >= 11 is 6.16. The van der Waals surface area contributed by atoms with Gasteiger partial charge in [-0.05, 0) is 55.3 Å². The predicted molar refractivity (Wildman–Crippen MR) is 121 cm³/mol. The third-order valence-electron chi connectivity index (χ3n) is 4.74. The van der Waals surface area contributed by atoms with Gasteiger partial charge in [-0.2, -0.15) is 0 Å². The number of carbonyl (C=O) groups excluding carboxylic acids is 1. The monoisotopic (exact) mass is 460 g/mol. The topological polar surface area (TPSA) is 66.5 Å². The lowest BCUT2D eigenvalue weighted by atomic mass is 10.1. The van der Waals surface area contributed by atoms with Crippen LogP contribution in [0.25, 0.3) is 0 Å². The van der Waals surface area contributed by atoms with Gasteiger partial charge >= 0.3 is 0 Å². The molecule has 5 nitrogen and oxygen atoms in total. The van der Waals surface area contributed by atoms with E-state index in [9.17, 15) is 17.6 Å². The van der Waals surface area contributed by atoms with Crippen molar-refractivity contribution < 1.29 is 17.6 Å². The number of nitrogens with one attached hydrogen (secondary N) is 1. The Bertz CT molecular complexity index is 1170. The third kappa shape index (κ3) is 5.24. The van der Waals surface area contributed by atoms with Gasteiger partial charge in [0, 0.05) is 13.1 Å². The number of hydrogen-bond donors (Lipinski definition) is 1. The van der Waals surface area contributed by atoms with E-state index in [0.717, 1.165) is 0 Å². The summed E-state index contributed by atoms with van der Waals surface area (Å²) in [7, 11) is -3.90. The second-order valence-corrected chi connectivity index (χ2v) is 9.01. The maximum absolute atomic E-state index is 13.7. The first-order chi connectivity index (χ1) is 14.8. The number of rotatable bonds is 8. The molecule has 3 aromatic carbocycles. The Kier molecular flexibility index (Phi) is 7.30. The quantitative estimate of drug-likeness (QED) is 0.531. The summed E-state index contributed by atoms with van der Waals surface area (Å²) in [5.41, 5.74) is 1.04. The molecule has 31 heavy (non-hydrogen) atoms. The average molecular weight is 461 g/mol. The van der Waals surface area contributed by atoms with Gasteiger partial charge < -0.3 is 5.32 Å². The van der Waals surface area contributed by atoms with Crippen molar-refractivity contribution in [2.75, 3.05) is 17.4 Å². The van der Waals surface area contributed by atoms with Gasteiger partial charge in [-0.3, -0.25) is 9.10 Å². The lowest BCUT2D eigenvalue weighted by Gasteiger charge is -2.23. The molecule has 8 heteroatoms. The van der Waals surface area contributed by atoms with E-state index in [-0.39, 0.29) is 34.4 Å². The number of benzene rings is 3. The van der Waals surface area contributed by atoms with Crippen LogP contribution in [-0.2, 0) is 16.4 Å². The van der Waals surface area contributed by atoms with Gasteiger partial charge in [0.15, 0.2) is 0 Å². The molecule has 0 atom stereocenters. The maximum atomic E-state index is 13.7. The minimum absolute atomic E-state index is 0.0399. The zero-order valence-corrected chi connectivity index (χ0v) is 18.5. The highest BCUT2D eigenvalue weighted by molar-refractivity contribution is 7.92. The van der Waals surface area contributed by atoms with Crippen LogP contribution in [0.4, 0.5) is 10.1 Å². The standard InChI is InChI=1S/C23H22ClFN2O3S/c1-2-27(18-9-4-3-5-10-18)31(29,30)19-12-13-21(24)20(16-19)23(28)26-15-14-17-8-6-7-11-22(17)25/h3-13,16H,2,14-15H2,1H3,(H,26,28). The molecule has 0 spiro atoms. The highest BCUT2D eigenvalue weighted by Crippen LogP contribution is 2.26. The normalized spacial score (nSPS) is 11.2. The zero-order chi connectivity index (χ0) is 22.4. The van der Waals surface area contributed by atoms with E-state index >= 15 is 0 Å². The molecule has 0 aliphatic heterocycles. The Morgan fingerprint density at radius 2 is 1.71 bits per heavy atom. The fourth-order valence-electron chi connectivity index (χ4n) is 3.16. The minimum atomic E-state index is -3.90. The Hall–Kier alpha value is -2.90. The Morgan fingerprint density at radius 1 is 1.03 bits per heavy atom. The number of carbonyl (C=O) groups is 1. The summed E-state index contributed by atoms with van der Waals surface area (Å²) in [6.07, 6.45) is 0.297. The molecule has 0 saturated heterocycles. The van der Waals surface area contributed by atoms with E-state index in [1.54, 1.807) is 55.5 Å². The van der Waals surface area contributed by atoms with E-state index in [2.05, 4.69) is 5.32 Å². The van der Waals surface area contributed by atoms with E-state index in [1.807, 2.05) is 0 Å². The van der Waals surface area contributed by atoms with E-state index in [0.29, 0.717) is 17.7 Å². The first-order valence-corrected chi connectivity index (χ1v) is 11.6. The number of amides is 1. The second kappa shape index (κ2) is 9.94. The molecule has 0 aliphatic rings.